The molecule has 0 fully saturated rings. The van der Waals surface area contributed by atoms with Crippen LogP contribution in [0.25, 0.3) is 11.3 Å². The predicted molar refractivity (Wildman–Crippen MR) is 149 cm³/mol. The Morgan fingerprint density at radius 2 is 1.57 bits per heavy atom. The van der Waals surface area contributed by atoms with E-state index in [1.165, 1.54) is 12.6 Å². The number of carbonyl (C=O) groups excluding carboxylic acids is 1. The summed E-state index contributed by atoms with van der Waals surface area (Å²) in [6.07, 6.45) is 2.66. The van der Waals surface area contributed by atoms with Crippen LogP contribution in [0.5, 0.6) is 0 Å². The highest BCUT2D eigenvalue weighted by atomic mass is 32.2. The van der Waals surface area contributed by atoms with Crippen LogP contribution >= 0.6 is 12.2 Å². The van der Waals surface area contributed by atoms with Gasteiger partial charge in [0.25, 0.3) is 5.91 Å². The number of nitrogens with one attached hydrogen (secondary N) is 3. The van der Waals surface area contributed by atoms with E-state index in [0.717, 1.165) is 16.8 Å². The Balaban J connectivity index is 1.50. The summed E-state index contributed by atoms with van der Waals surface area (Å²) in [5.74, 6) is 0.128. The van der Waals surface area contributed by atoms with Gasteiger partial charge in [0.05, 0.1) is 11.4 Å². The SMILES string of the molecule is CS(=O)(=O)Cc1cc(CNC(=S)NC(=O)c2ccccc2)cc(Nc2cc(-c3ccccc3)ncn2)c1. The summed E-state index contributed by atoms with van der Waals surface area (Å²) >= 11 is 5.28. The van der Waals surface area contributed by atoms with Crippen molar-refractivity contribution in [3.05, 3.63) is 108 Å². The molecule has 10 heteroatoms. The van der Waals surface area contributed by atoms with Gasteiger partial charge in [-0.2, -0.15) is 0 Å². The number of amides is 1. The molecule has 1 heterocycles. The molecule has 0 saturated heterocycles. The number of benzene rings is 3. The van der Waals surface area contributed by atoms with Crippen molar-refractivity contribution in [1.29, 1.82) is 0 Å². The van der Waals surface area contributed by atoms with E-state index < -0.39 is 9.84 Å². The smallest absolute Gasteiger partial charge is 0.257 e. The summed E-state index contributed by atoms with van der Waals surface area (Å²) in [5, 5.41) is 9.07. The fourth-order valence-corrected chi connectivity index (χ4v) is 4.59. The number of sulfone groups is 1. The maximum absolute atomic E-state index is 12.3. The van der Waals surface area contributed by atoms with Gasteiger partial charge in [0.2, 0.25) is 0 Å². The molecule has 0 spiro atoms. The Morgan fingerprint density at radius 3 is 2.27 bits per heavy atom. The number of nitrogens with zero attached hydrogens (tertiary/aromatic N) is 2. The highest BCUT2D eigenvalue weighted by Gasteiger charge is 2.11. The molecule has 4 aromatic rings. The minimum absolute atomic E-state index is 0.121. The Bertz CT molecular complexity index is 1510. The van der Waals surface area contributed by atoms with Crippen molar-refractivity contribution in [2.24, 2.45) is 0 Å². The molecule has 0 aliphatic rings. The van der Waals surface area contributed by atoms with Crippen LogP contribution in [0.15, 0.2) is 91.3 Å². The summed E-state index contributed by atoms with van der Waals surface area (Å²) in [4.78, 5) is 21.0. The predicted octanol–water partition coefficient (Wildman–Crippen LogP) is 4.24. The number of hydrogen-bond acceptors (Lipinski definition) is 7. The normalized spacial score (nSPS) is 10.9. The zero-order chi connectivity index (χ0) is 26.3. The summed E-state index contributed by atoms with van der Waals surface area (Å²) in [5.41, 5.74) is 4.25. The Labute approximate surface area is 221 Å². The summed E-state index contributed by atoms with van der Waals surface area (Å²) < 4.78 is 24.0. The van der Waals surface area contributed by atoms with Gasteiger partial charge < -0.3 is 10.6 Å². The van der Waals surface area contributed by atoms with Crippen LogP contribution in [0.3, 0.4) is 0 Å². The summed E-state index contributed by atoms with van der Waals surface area (Å²) in [7, 11) is -3.26. The van der Waals surface area contributed by atoms with E-state index in [2.05, 4.69) is 25.9 Å². The van der Waals surface area contributed by atoms with Crippen LogP contribution in [0.4, 0.5) is 11.5 Å². The molecule has 0 radical (unpaired) electrons. The van der Waals surface area contributed by atoms with Crippen molar-refractivity contribution in [3.8, 4) is 11.3 Å². The fraction of sp³-hybridized carbons (Fsp3) is 0.111. The monoisotopic (exact) mass is 531 g/mol. The molecular weight excluding hydrogens is 506 g/mol. The molecule has 3 aromatic carbocycles. The molecule has 188 valence electrons. The second kappa shape index (κ2) is 11.7. The fourth-order valence-electron chi connectivity index (χ4n) is 3.65. The van der Waals surface area contributed by atoms with Gasteiger partial charge >= 0.3 is 0 Å². The molecule has 0 saturated carbocycles. The van der Waals surface area contributed by atoms with Crippen molar-refractivity contribution in [2.75, 3.05) is 11.6 Å². The number of thiocarbonyl (C=S) groups is 1. The quantitative estimate of drug-likeness (QED) is 0.290. The lowest BCUT2D eigenvalue weighted by Gasteiger charge is -2.14. The third kappa shape index (κ3) is 7.92. The van der Waals surface area contributed by atoms with Gasteiger partial charge in [-0.3, -0.25) is 10.1 Å². The van der Waals surface area contributed by atoms with Crippen LogP contribution < -0.4 is 16.0 Å². The van der Waals surface area contributed by atoms with E-state index in [-0.39, 0.29) is 23.3 Å². The molecule has 4 rings (SSSR count). The molecule has 0 unspecified atom stereocenters. The largest absolute Gasteiger partial charge is 0.358 e. The molecule has 3 N–H and O–H groups in total. The molecule has 0 aliphatic carbocycles. The molecule has 0 bridgehead atoms. The third-order valence-electron chi connectivity index (χ3n) is 5.21. The maximum Gasteiger partial charge on any atom is 0.257 e. The molecule has 37 heavy (non-hydrogen) atoms. The Kier molecular flexibility index (Phi) is 8.22. The van der Waals surface area contributed by atoms with Gasteiger partial charge in [0.1, 0.15) is 12.1 Å². The maximum atomic E-state index is 12.3. The molecule has 0 aliphatic heterocycles. The van der Waals surface area contributed by atoms with Crippen LogP contribution in [0, 0.1) is 0 Å². The van der Waals surface area contributed by atoms with Crippen LogP contribution in [0.1, 0.15) is 21.5 Å². The first-order valence-electron chi connectivity index (χ1n) is 11.3. The van der Waals surface area contributed by atoms with E-state index >= 15 is 0 Å². The Morgan fingerprint density at radius 1 is 0.892 bits per heavy atom. The summed E-state index contributed by atoms with van der Waals surface area (Å²) in [6.45, 7) is 0.277. The molecule has 1 amide bonds. The highest BCUT2D eigenvalue weighted by molar-refractivity contribution is 7.89. The van der Waals surface area contributed by atoms with Crippen LogP contribution in [0.2, 0.25) is 0 Å². The third-order valence-corrected chi connectivity index (χ3v) is 6.31. The lowest BCUT2D eigenvalue weighted by atomic mass is 10.1. The zero-order valence-corrected chi connectivity index (χ0v) is 21.6. The van der Waals surface area contributed by atoms with Gasteiger partial charge in [-0.05, 0) is 47.6 Å². The summed E-state index contributed by atoms with van der Waals surface area (Å²) in [6, 6.07) is 25.7. The van der Waals surface area contributed by atoms with Gasteiger partial charge in [-0.25, -0.2) is 18.4 Å². The van der Waals surface area contributed by atoms with Crippen molar-refractivity contribution < 1.29 is 13.2 Å². The molecular formula is C27H25N5O3S2. The Hall–Kier alpha value is -4.15. The minimum atomic E-state index is -3.26. The lowest BCUT2D eigenvalue weighted by Crippen LogP contribution is -2.38. The number of rotatable bonds is 8. The van der Waals surface area contributed by atoms with Gasteiger partial charge in [0.15, 0.2) is 14.9 Å². The van der Waals surface area contributed by atoms with E-state index in [0.29, 0.717) is 22.6 Å². The number of hydrogen-bond donors (Lipinski definition) is 3. The van der Waals surface area contributed by atoms with E-state index in [9.17, 15) is 13.2 Å². The first kappa shape index (κ1) is 25.9. The van der Waals surface area contributed by atoms with E-state index in [1.807, 2.05) is 48.5 Å². The van der Waals surface area contributed by atoms with Crippen molar-refractivity contribution >= 4 is 44.6 Å². The minimum Gasteiger partial charge on any atom is -0.358 e. The van der Waals surface area contributed by atoms with Crippen LogP contribution in [-0.2, 0) is 22.1 Å². The lowest BCUT2D eigenvalue weighted by molar-refractivity contribution is 0.0976. The molecule has 0 atom stereocenters. The molecule has 8 nitrogen and oxygen atoms in total. The highest BCUT2D eigenvalue weighted by Crippen LogP contribution is 2.23. The number of anilines is 2. The first-order chi connectivity index (χ1) is 17.7. The van der Waals surface area contributed by atoms with Gasteiger partial charge in [-0.15, -0.1) is 0 Å². The second-order valence-electron chi connectivity index (χ2n) is 8.39. The van der Waals surface area contributed by atoms with Crippen molar-refractivity contribution in [3.63, 3.8) is 0 Å². The molecule has 1 aromatic heterocycles. The van der Waals surface area contributed by atoms with Crippen molar-refractivity contribution in [1.82, 2.24) is 20.6 Å². The van der Waals surface area contributed by atoms with E-state index in [1.54, 1.807) is 36.4 Å². The standard InChI is InChI=1S/C27H25N5O3S2/c1-37(34,35)17-20-12-19(16-28-27(36)32-26(33)22-10-6-3-7-11-22)13-23(14-20)31-25-15-24(29-18-30-25)21-8-4-2-5-9-21/h2-15,18H,16-17H2,1H3,(H,29,30,31)(H2,28,32,33,36). The van der Waals surface area contributed by atoms with Gasteiger partial charge in [0, 0.05) is 35.7 Å². The number of aromatic nitrogens is 2. The van der Waals surface area contributed by atoms with E-state index in [4.69, 9.17) is 12.2 Å². The van der Waals surface area contributed by atoms with Crippen molar-refractivity contribution in [2.45, 2.75) is 12.3 Å². The topological polar surface area (TPSA) is 113 Å². The van der Waals surface area contributed by atoms with Gasteiger partial charge in [-0.1, -0.05) is 54.6 Å². The number of carbonyl (C=O) groups is 1. The van der Waals surface area contributed by atoms with Crippen LogP contribution in [-0.4, -0.2) is 35.7 Å². The second-order valence-corrected chi connectivity index (χ2v) is 10.9. The zero-order valence-electron chi connectivity index (χ0n) is 20.0. The average molecular weight is 532 g/mol. The first-order valence-corrected chi connectivity index (χ1v) is 13.8. The average Bonchev–Trinajstić information content (AvgIpc) is 2.87.